The first kappa shape index (κ1) is 18.8. The van der Waals surface area contributed by atoms with Gasteiger partial charge in [-0.3, -0.25) is 4.79 Å². The van der Waals surface area contributed by atoms with Crippen LogP contribution in [0.5, 0.6) is 0 Å². The smallest absolute Gasteiger partial charge is 0.258 e. The Labute approximate surface area is 173 Å². The number of carbonyl (C=O) groups excluding carboxylic acids is 1. The van der Waals surface area contributed by atoms with Gasteiger partial charge in [0.05, 0.1) is 10.7 Å². The molecule has 0 atom stereocenters. The van der Waals surface area contributed by atoms with E-state index < -0.39 is 0 Å². The van der Waals surface area contributed by atoms with Crippen LogP contribution >= 0.6 is 23.1 Å². The van der Waals surface area contributed by atoms with E-state index in [1.54, 1.807) is 23.1 Å². The fraction of sp³-hybridized carbons (Fsp3) is 0.182. The minimum absolute atomic E-state index is 0.0620. The lowest BCUT2D eigenvalue weighted by molar-refractivity contribution is 0.0830. The van der Waals surface area contributed by atoms with Gasteiger partial charge < -0.3 is 10.2 Å². The number of aryl methyl sites for hydroxylation is 1. The predicted molar refractivity (Wildman–Crippen MR) is 119 cm³/mol. The summed E-state index contributed by atoms with van der Waals surface area (Å²) in [5.41, 5.74) is 3.87. The third-order valence-corrected chi connectivity index (χ3v) is 6.37. The van der Waals surface area contributed by atoms with Gasteiger partial charge in [0.2, 0.25) is 0 Å². The van der Waals surface area contributed by atoms with Gasteiger partial charge in [0.1, 0.15) is 0 Å². The number of thiazole rings is 1. The highest BCUT2D eigenvalue weighted by Gasteiger charge is 2.26. The number of anilines is 1. The number of amides is 1. The maximum absolute atomic E-state index is 13.0. The number of thioether (sulfide) groups is 1. The Morgan fingerprint density at radius 1 is 1.18 bits per heavy atom. The normalized spacial score (nSPS) is 15.2. The molecule has 1 saturated heterocycles. The second kappa shape index (κ2) is 8.63. The lowest BCUT2D eigenvalue weighted by Gasteiger charge is -2.18. The fourth-order valence-corrected chi connectivity index (χ4v) is 4.73. The Morgan fingerprint density at radius 3 is 2.79 bits per heavy atom. The van der Waals surface area contributed by atoms with Crippen molar-refractivity contribution in [3.63, 3.8) is 0 Å². The molecule has 2 aromatic carbocycles. The summed E-state index contributed by atoms with van der Waals surface area (Å²) >= 11 is 3.29. The molecule has 142 valence electrons. The first-order valence-electron chi connectivity index (χ1n) is 9.16. The number of rotatable bonds is 5. The highest BCUT2D eigenvalue weighted by atomic mass is 32.2. The van der Waals surface area contributed by atoms with E-state index in [-0.39, 0.29) is 5.91 Å². The van der Waals surface area contributed by atoms with Gasteiger partial charge in [-0.15, -0.1) is 23.1 Å². The topological polar surface area (TPSA) is 45.2 Å². The van der Waals surface area contributed by atoms with Crippen LogP contribution in [-0.4, -0.2) is 28.1 Å². The average molecular weight is 408 g/mol. The van der Waals surface area contributed by atoms with Crippen LogP contribution in [0, 0.1) is 6.92 Å². The summed E-state index contributed by atoms with van der Waals surface area (Å²) < 4.78 is 0. The first-order valence-corrected chi connectivity index (χ1v) is 11.0. The molecule has 0 saturated carbocycles. The fourth-order valence-electron chi connectivity index (χ4n) is 3.04. The number of nitrogens with one attached hydrogen (secondary N) is 1. The van der Waals surface area contributed by atoms with Gasteiger partial charge in [0, 0.05) is 29.8 Å². The molecule has 1 fully saturated rings. The molecule has 28 heavy (non-hydrogen) atoms. The summed E-state index contributed by atoms with van der Waals surface area (Å²) in [5, 5.41) is 7.24. The highest BCUT2D eigenvalue weighted by Crippen LogP contribution is 2.32. The molecule has 1 aliphatic rings. The first-order chi connectivity index (χ1) is 13.7. The lowest BCUT2D eigenvalue weighted by Crippen LogP contribution is -2.27. The van der Waals surface area contributed by atoms with Crippen molar-refractivity contribution in [1.29, 1.82) is 0 Å². The number of nitrogens with zero attached hydrogens (tertiary/aromatic N) is 2. The molecule has 6 heteroatoms. The van der Waals surface area contributed by atoms with Crippen molar-refractivity contribution in [2.75, 3.05) is 17.6 Å². The summed E-state index contributed by atoms with van der Waals surface area (Å²) in [6.45, 7) is 3.45. The third-order valence-electron chi connectivity index (χ3n) is 4.53. The van der Waals surface area contributed by atoms with Crippen LogP contribution in [0.1, 0.15) is 27.2 Å². The number of hydrogen-bond donors (Lipinski definition) is 1. The van der Waals surface area contributed by atoms with E-state index in [0.29, 0.717) is 0 Å². The van der Waals surface area contributed by atoms with Crippen molar-refractivity contribution in [3.05, 3.63) is 87.4 Å². The standard InChI is InChI=1S/C22H21N3OS2/c1-16-7-5-6-10-19(16)21(26)25-11-12-27-20(25)13-18-15-28-22(24-18)23-14-17-8-3-2-4-9-17/h2-10,13,15H,11-12,14H2,1H3,(H,23,24)/b20-13+. The zero-order valence-corrected chi connectivity index (χ0v) is 17.2. The quantitative estimate of drug-likeness (QED) is 0.627. The number of carbonyl (C=O) groups is 1. The minimum Gasteiger partial charge on any atom is -0.357 e. The van der Waals surface area contributed by atoms with Gasteiger partial charge >= 0.3 is 0 Å². The molecule has 0 aliphatic carbocycles. The zero-order valence-electron chi connectivity index (χ0n) is 15.6. The maximum atomic E-state index is 13.0. The van der Waals surface area contributed by atoms with E-state index in [0.717, 1.165) is 45.8 Å². The number of benzene rings is 2. The van der Waals surface area contributed by atoms with Crippen LogP contribution in [0.15, 0.2) is 65.0 Å². The maximum Gasteiger partial charge on any atom is 0.258 e. The van der Waals surface area contributed by atoms with Crippen LogP contribution in [0.25, 0.3) is 6.08 Å². The van der Waals surface area contributed by atoms with E-state index in [1.165, 1.54) is 5.56 Å². The molecule has 0 unspecified atom stereocenters. The van der Waals surface area contributed by atoms with Crippen LogP contribution in [0.4, 0.5) is 5.13 Å². The van der Waals surface area contributed by atoms with Crippen molar-refractivity contribution in [1.82, 2.24) is 9.88 Å². The predicted octanol–water partition coefficient (Wildman–Crippen LogP) is 5.25. The summed E-state index contributed by atoms with van der Waals surface area (Å²) in [5.74, 6) is 0.971. The lowest BCUT2D eigenvalue weighted by atomic mass is 10.1. The molecule has 3 aromatic rings. The molecule has 1 amide bonds. The molecular formula is C22H21N3OS2. The SMILES string of the molecule is Cc1ccccc1C(=O)N1CCS/C1=C/c1csc(NCc2ccccc2)n1. The van der Waals surface area contributed by atoms with Crippen LogP contribution in [0.2, 0.25) is 0 Å². The van der Waals surface area contributed by atoms with Gasteiger partial charge in [-0.05, 0) is 30.2 Å². The Kier molecular flexibility index (Phi) is 5.78. The van der Waals surface area contributed by atoms with Crippen molar-refractivity contribution >= 4 is 40.2 Å². The minimum atomic E-state index is 0.0620. The van der Waals surface area contributed by atoms with E-state index in [2.05, 4.69) is 22.4 Å². The summed E-state index contributed by atoms with van der Waals surface area (Å²) in [6.07, 6.45) is 2.01. The second-order valence-electron chi connectivity index (χ2n) is 6.52. The Hall–Kier alpha value is -2.57. The average Bonchev–Trinajstić information content (AvgIpc) is 3.37. The number of aromatic nitrogens is 1. The van der Waals surface area contributed by atoms with Gasteiger partial charge in [-0.25, -0.2) is 4.98 Å². The molecule has 1 aromatic heterocycles. The van der Waals surface area contributed by atoms with E-state index in [1.807, 2.05) is 65.7 Å². The third kappa shape index (κ3) is 4.29. The largest absolute Gasteiger partial charge is 0.357 e. The van der Waals surface area contributed by atoms with Crippen molar-refractivity contribution in [2.45, 2.75) is 13.5 Å². The molecule has 0 radical (unpaired) electrons. The number of hydrogen-bond acceptors (Lipinski definition) is 5. The second-order valence-corrected chi connectivity index (χ2v) is 8.49. The molecule has 4 nitrogen and oxygen atoms in total. The Balaban J connectivity index is 1.47. The Morgan fingerprint density at radius 2 is 1.96 bits per heavy atom. The van der Waals surface area contributed by atoms with Crippen molar-refractivity contribution in [3.8, 4) is 0 Å². The van der Waals surface area contributed by atoms with E-state index in [4.69, 9.17) is 0 Å². The molecule has 0 bridgehead atoms. The van der Waals surface area contributed by atoms with Crippen LogP contribution in [0.3, 0.4) is 0 Å². The van der Waals surface area contributed by atoms with E-state index in [9.17, 15) is 4.79 Å². The van der Waals surface area contributed by atoms with Gasteiger partial charge in [-0.1, -0.05) is 48.5 Å². The van der Waals surface area contributed by atoms with Gasteiger partial charge in [0.25, 0.3) is 5.91 Å². The molecule has 0 spiro atoms. The molecule has 2 heterocycles. The zero-order chi connectivity index (χ0) is 19.3. The summed E-state index contributed by atoms with van der Waals surface area (Å²) in [6, 6.07) is 18.0. The molecule has 1 aliphatic heterocycles. The van der Waals surface area contributed by atoms with Gasteiger partial charge in [0.15, 0.2) is 5.13 Å². The van der Waals surface area contributed by atoms with Gasteiger partial charge in [-0.2, -0.15) is 0 Å². The molecule has 1 N–H and O–H groups in total. The van der Waals surface area contributed by atoms with Crippen LogP contribution in [-0.2, 0) is 6.54 Å². The van der Waals surface area contributed by atoms with Crippen LogP contribution < -0.4 is 5.32 Å². The Bertz CT molecular complexity index is 998. The van der Waals surface area contributed by atoms with E-state index >= 15 is 0 Å². The highest BCUT2D eigenvalue weighted by molar-refractivity contribution is 8.03. The summed E-state index contributed by atoms with van der Waals surface area (Å²) in [4.78, 5) is 19.5. The monoisotopic (exact) mass is 407 g/mol. The molecule has 4 rings (SSSR count). The summed E-state index contributed by atoms with van der Waals surface area (Å²) in [7, 11) is 0. The van der Waals surface area contributed by atoms with Crippen molar-refractivity contribution in [2.24, 2.45) is 0 Å². The van der Waals surface area contributed by atoms with Crippen molar-refractivity contribution < 1.29 is 4.79 Å². The molecular weight excluding hydrogens is 386 g/mol.